The number of anilines is 2. The molecule has 4 amide bonds. The minimum Gasteiger partial charge on any atom is -0.453 e. The zero-order chi connectivity index (χ0) is 18.3. The van der Waals surface area contributed by atoms with E-state index in [9.17, 15) is 14.4 Å². The van der Waals surface area contributed by atoms with Crippen molar-refractivity contribution in [3.8, 4) is 0 Å². The van der Waals surface area contributed by atoms with Crippen LogP contribution >= 0.6 is 0 Å². The van der Waals surface area contributed by atoms with E-state index in [4.69, 9.17) is 0 Å². The third-order valence-electron chi connectivity index (χ3n) is 2.81. The molecule has 1 atom stereocenters. The summed E-state index contributed by atoms with van der Waals surface area (Å²) in [4.78, 5) is 34.9. The van der Waals surface area contributed by atoms with Crippen molar-refractivity contribution in [3.05, 3.63) is 24.3 Å². The van der Waals surface area contributed by atoms with Crippen LogP contribution in [0.3, 0.4) is 0 Å². The molecule has 0 bridgehead atoms. The molecule has 24 heavy (non-hydrogen) atoms. The van der Waals surface area contributed by atoms with Crippen LogP contribution in [0.4, 0.5) is 21.0 Å². The van der Waals surface area contributed by atoms with Crippen LogP contribution < -0.4 is 21.3 Å². The van der Waals surface area contributed by atoms with Crippen molar-refractivity contribution in [2.75, 3.05) is 17.7 Å². The van der Waals surface area contributed by atoms with Gasteiger partial charge in [-0.2, -0.15) is 0 Å². The molecule has 1 unspecified atom stereocenters. The predicted molar refractivity (Wildman–Crippen MR) is 92.0 cm³/mol. The van der Waals surface area contributed by atoms with Gasteiger partial charge in [-0.3, -0.25) is 10.1 Å². The van der Waals surface area contributed by atoms with Crippen LogP contribution in [-0.2, 0) is 9.53 Å². The third kappa shape index (κ3) is 6.99. The number of methoxy groups -OCH3 is 1. The number of hydrogen-bond acceptors (Lipinski definition) is 4. The standard InChI is InChI=1S/C16H24N4O4/c1-10(13(21)20-16(2,3)4)17-14(22)18-11-6-8-12(9-7-11)19-15(23)24-5/h6-10H,1-5H3,(H,19,23)(H,20,21)(H2,17,18,22). The quantitative estimate of drug-likeness (QED) is 0.676. The van der Waals surface area contributed by atoms with Gasteiger partial charge >= 0.3 is 12.1 Å². The Bertz CT molecular complexity index is 593. The molecule has 0 fully saturated rings. The van der Waals surface area contributed by atoms with E-state index in [1.54, 1.807) is 31.2 Å². The van der Waals surface area contributed by atoms with Crippen LogP contribution in [0.5, 0.6) is 0 Å². The lowest BCUT2D eigenvalue weighted by Gasteiger charge is -2.23. The highest BCUT2D eigenvalue weighted by Gasteiger charge is 2.20. The van der Waals surface area contributed by atoms with E-state index in [0.717, 1.165) is 0 Å². The number of carbonyl (C=O) groups is 3. The van der Waals surface area contributed by atoms with E-state index in [1.807, 2.05) is 20.8 Å². The molecule has 1 rings (SSSR count). The molecule has 4 N–H and O–H groups in total. The number of amides is 4. The topological polar surface area (TPSA) is 109 Å². The summed E-state index contributed by atoms with van der Waals surface area (Å²) in [5.41, 5.74) is 0.684. The summed E-state index contributed by atoms with van der Waals surface area (Å²) in [6, 6.07) is 5.28. The summed E-state index contributed by atoms with van der Waals surface area (Å²) in [7, 11) is 1.27. The summed E-state index contributed by atoms with van der Waals surface area (Å²) in [5.74, 6) is -0.268. The predicted octanol–water partition coefficient (Wildman–Crippen LogP) is 2.29. The van der Waals surface area contributed by atoms with Crippen molar-refractivity contribution in [3.63, 3.8) is 0 Å². The van der Waals surface area contributed by atoms with Crippen LogP contribution in [0.15, 0.2) is 24.3 Å². The zero-order valence-corrected chi connectivity index (χ0v) is 14.5. The highest BCUT2D eigenvalue weighted by atomic mass is 16.5. The maximum Gasteiger partial charge on any atom is 0.411 e. The lowest BCUT2D eigenvalue weighted by atomic mass is 10.1. The molecule has 0 aliphatic heterocycles. The monoisotopic (exact) mass is 336 g/mol. The minimum absolute atomic E-state index is 0.268. The fourth-order valence-corrected chi connectivity index (χ4v) is 1.71. The molecule has 0 heterocycles. The van der Waals surface area contributed by atoms with E-state index in [2.05, 4.69) is 26.0 Å². The number of hydrogen-bond donors (Lipinski definition) is 4. The molecule has 8 heteroatoms. The summed E-state index contributed by atoms with van der Waals surface area (Å²) < 4.78 is 4.48. The van der Waals surface area contributed by atoms with Gasteiger partial charge < -0.3 is 20.7 Å². The second kappa shape index (κ2) is 8.19. The third-order valence-corrected chi connectivity index (χ3v) is 2.81. The van der Waals surface area contributed by atoms with Crippen molar-refractivity contribution >= 4 is 29.4 Å². The van der Waals surface area contributed by atoms with Crippen molar-refractivity contribution < 1.29 is 19.1 Å². The first-order valence-corrected chi connectivity index (χ1v) is 7.45. The maximum atomic E-state index is 11.9. The van der Waals surface area contributed by atoms with Crippen molar-refractivity contribution in [2.45, 2.75) is 39.3 Å². The molecule has 0 spiro atoms. The van der Waals surface area contributed by atoms with E-state index < -0.39 is 18.2 Å². The van der Waals surface area contributed by atoms with Gasteiger partial charge in [-0.1, -0.05) is 0 Å². The average Bonchev–Trinajstić information content (AvgIpc) is 2.47. The van der Waals surface area contributed by atoms with Gasteiger partial charge in [0.25, 0.3) is 0 Å². The van der Waals surface area contributed by atoms with Gasteiger partial charge in [-0.05, 0) is 52.0 Å². The summed E-state index contributed by atoms with van der Waals surface area (Å²) >= 11 is 0. The number of benzene rings is 1. The van der Waals surface area contributed by atoms with Gasteiger partial charge in [0.1, 0.15) is 6.04 Å². The van der Waals surface area contributed by atoms with E-state index in [1.165, 1.54) is 7.11 Å². The molecule has 0 aliphatic carbocycles. The number of ether oxygens (including phenoxy) is 1. The largest absolute Gasteiger partial charge is 0.453 e. The molecular weight excluding hydrogens is 312 g/mol. The molecular formula is C16H24N4O4. The lowest BCUT2D eigenvalue weighted by Crippen LogP contribution is -2.51. The Kier molecular flexibility index (Phi) is 6.58. The van der Waals surface area contributed by atoms with E-state index in [-0.39, 0.29) is 11.4 Å². The van der Waals surface area contributed by atoms with Crippen LogP contribution in [0.1, 0.15) is 27.7 Å². The van der Waals surface area contributed by atoms with Crippen LogP contribution in [0, 0.1) is 0 Å². The van der Waals surface area contributed by atoms with Crippen molar-refractivity contribution in [2.24, 2.45) is 0 Å². The van der Waals surface area contributed by atoms with Crippen LogP contribution in [0.25, 0.3) is 0 Å². The lowest BCUT2D eigenvalue weighted by molar-refractivity contribution is -0.123. The minimum atomic E-state index is -0.676. The normalized spacial score (nSPS) is 11.9. The molecule has 1 aromatic carbocycles. The van der Waals surface area contributed by atoms with Gasteiger partial charge in [-0.15, -0.1) is 0 Å². The number of nitrogens with one attached hydrogen (secondary N) is 4. The van der Waals surface area contributed by atoms with E-state index in [0.29, 0.717) is 11.4 Å². The van der Waals surface area contributed by atoms with Crippen LogP contribution in [0.2, 0.25) is 0 Å². The zero-order valence-electron chi connectivity index (χ0n) is 14.5. The average molecular weight is 336 g/mol. The maximum absolute atomic E-state index is 11.9. The molecule has 0 saturated heterocycles. The Morgan fingerprint density at radius 2 is 1.50 bits per heavy atom. The number of carbonyl (C=O) groups excluding carboxylic acids is 3. The molecule has 1 aromatic rings. The van der Waals surface area contributed by atoms with E-state index >= 15 is 0 Å². The smallest absolute Gasteiger partial charge is 0.411 e. The highest BCUT2D eigenvalue weighted by Crippen LogP contribution is 2.13. The second-order valence-corrected chi connectivity index (χ2v) is 6.25. The number of urea groups is 1. The van der Waals surface area contributed by atoms with Gasteiger partial charge in [-0.25, -0.2) is 9.59 Å². The first-order chi connectivity index (χ1) is 11.1. The van der Waals surface area contributed by atoms with Gasteiger partial charge in [0.05, 0.1) is 7.11 Å². The Morgan fingerprint density at radius 3 is 1.96 bits per heavy atom. The Labute approximate surface area is 141 Å². The molecule has 8 nitrogen and oxygen atoms in total. The summed E-state index contributed by atoms with van der Waals surface area (Å²) in [6.45, 7) is 7.19. The first-order valence-electron chi connectivity index (χ1n) is 7.45. The van der Waals surface area contributed by atoms with Gasteiger partial charge in [0.15, 0.2) is 0 Å². The summed E-state index contributed by atoms with van der Waals surface area (Å²) in [6.07, 6.45) is -0.577. The first kappa shape index (κ1) is 19.3. The molecule has 0 radical (unpaired) electrons. The highest BCUT2D eigenvalue weighted by molar-refractivity contribution is 5.94. The van der Waals surface area contributed by atoms with Gasteiger partial charge in [0, 0.05) is 16.9 Å². The van der Waals surface area contributed by atoms with Crippen molar-refractivity contribution in [1.82, 2.24) is 10.6 Å². The molecule has 132 valence electrons. The molecule has 0 saturated carbocycles. The fraction of sp³-hybridized carbons (Fsp3) is 0.438. The van der Waals surface area contributed by atoms with Crippen LogP contribution in [-0.4, -0.2) is 36.7 Å². The van der Waals surface area contributed by atoms with Crippen molar-refractivity contribution in [1.29, 1.82) is 0 Å². The Morgan fingerprint density at radius 1 is 1.00 bits per heavy atom. The fourth-order valence-electron chi connectivity index (χ4n) is 1.71. The molecule has 0 aromatic heterocycles. The second-order valence-electron chi connectivity index (χ2n) is 6.25. The summed E-state index contributed by atoms with van der Waals surface area (Å²) in [5, 5.41) is 10.5. The molecule has 0 aliphatic rings. The SMILES string of the molecule is COC(=O)Nc1ccc(NC(=O)NC(C)C(=O)NC(C)(C)C)cc1. The Hall–Kier alpha value is -2.77. The number of rotatable bonds is 4. The van der Waals surface area contributed by atoms with Gasteiger partial charge in [0.2, 0.25) is 5.91 Å². The Balaban J connectivity index is 2.53.